The van der Waals surface area contributed by atoms with Gasteiger partial charge < -0.3 is 9.47 Å². The lowest BCUT2D eigenvalue weighted by molar-refractivity contribution is 0.113. The van der Waals surface area contributed by atoms with Crippen molar-refractivity contribution in [3.05, 3.63) is 12.7 Å². The lowest BCUT2D eigenvalue weighted by atomic mass is 10.0. The first-order valence-electron chi connectivity index (χ1n) is 4.13. The maximum absolute atomic E-state index is 10.7. The first-order chi connectivity index (χ1) is 5.63. The largest absolute Gasteiger partial charge is 0.509 e. The molecular weight excluding hydrogens is 156 g/mol. The number of carbonyl (C=O) groups excluding carboxylic acids is 1. The third-order valence-electron chi connectivity index (χ3n) is 1.78. The van der Waals surface area contributed by atoms with Gasteiger partial charge in [-0.1, -0.05) is 20.4 Å². The average Bonchev–Trinajstić information content (AvgIpc) is 2.29. The Hall–Kier alpha value is -0.990. The molecule has 0 aromatic rings. The van der Waals surface area contributed by atoms with Gasteiger partial charge in [-0.2, -0.15) is 0 Å². The zero-order valence-electron chi connectivity index (χ0n) is 7.45. The van der Waals surface area contributed by atoms with Crippen molar-refractivity contribution < 1.29 is 14.3 Å². The van der Waals surface area contributed by atoms with Crippen LogP contribution in [0.1, 0.15) is 20.3 Å². The highest BCUT2D eigenvalue weighted by atomic mass is 16.8. The summed E-state index contributed by atoms with van der Waals surface area (Å²) in [6, 6.07) is 0. The molecule has 0 spiro atoms. The fourth-order valence-corrected chi connectivity index (χ4v) is 1.25. The van der Waals surface area contributed by atoms with Crippen molar-refractivity contribution in [3.63, 3.8) is 0 Å². The van der Waals surface area contributed by atoms with E-state index in [4.69, 9.17) is 9.47 Å². The lowest BCUT2D eigenvalue weighted by Crippen LogP contribution is -2.21. The molecule has 0 bridgehead atoms. The van der Waals surface area contributed by atoms with Crippen LogP contribution < -0.4 is 0 Å². The van der Waals surface area contributed by atoms with Crippen LogP contribution in [0.4, 0.5) is 4.79 Å². The molecule has 12 heavy (non-hydrogen) atoms. The molecule has 68 valence electrons. The minimum Gasteiger partial charge on any atom is -0.427 e. The molecular formula is C9H14O3. The first-order valence-corrected chi connectivity index (χ1v) is 4.13. The van der Waals surface area contributed by atoms with E-state index < -0.39 is 6.16 Å². The van der Waals surface area contributed by atoms with Crippen molar-refractivity contribution in [1.29, 1.82) is 0 Å². The van der Waals surface area contributed by atoms with E-state index in [9.17, 15) is 4.79 Å². The molecule has 0 aromatic heterocycles. The molecule has 0 aromatic carbocycles. The van der Waals surface area contributed by atoms with Gasteiger partial charge in [0.25, 0.3) is 0 Å². The highest BCUT2D eigenvalue weighted by Crippen LogP contribution is 2.21. The molecule has 0 aliphatic carbocycles. The highest BCUT2D eigenvalue weighted by molar-refractivity contribution is 5.62. The van der Waals surface area contributed by atoms with Gasteiger partial charge in [0, 0.05) is 0 Å². The Morgan fingerprint density at radius 3 is 2.75 bits per heavy atom. The summed E-state index contributed by atoms with van der Waals surface area (Å²) in [5.74, 6) is 0.493. The second-order valence-corrected chi connectivity index (χ2v) is 3.35. The van der Waals surface area contributed by atoms with E-state index in [-0.39, 0.29) is 12.2 Å². The summed E-state index contributed by atoms with van der Waals surface area (Å²) in [6.07, 6.45) is 1.45. The van der Waals surface area contributed by atoms with E-state index >= 15 is 0 Å². The molecule has 1 fully saturated rings. The van der Waals surface area contributed by atoms with Gasteiger partial charge >= 0.3 is 6.16 Å². The third kappa shape index (κ3) is 2.00. The van der Waals surface area contributed by atoms with Gasteiger partial charge in [-0.05, 0) is 18.4 Å². The Morgan fingerprint density at radius 1 is 1.58 bits per heavy atom. The molecule has 1 rings (SSSR count). The molecule has 2 atom stereocenters. The SMILES string of the molecule is C=C[C@@H]1OC(=O)O[C@H]1CC(C)C. The molecule has 1 heterocycles. The molecule has 1 aliphatic rings. The number of carbonyl (C=O) groups is 1. The van der Waals surface area contributed by atoms with Gasteiger partial charge in [0.05, 0.1) is 0 Å². The van der Waals surface area contributed by atoms with Crippen LogP contribution in [0.2, 0.25) is 0 Å². The molecule has 3 nitrogen and oxygen atoms in total. The Labute approximate surface area is 72.4 Å². The predicted octanol–water partition coefficient (Wildman–Crippen LogP) is 2.12. The maximum Gasteiger partial charge on any atom is 0.509 e. The van der Waals surface area contributed by atoms with Crippen LogP contribution in [0.5, 0.6) is 0 Å². The van der Waals surface area contributed by atoms with Crippen molar-refractivity contribution in [1.82, 2.24) is 0 Å². The van der Waals surface area contributed by atoms with Gasteiger partial charge in [-0.3, -0.25) is 0 Å². The fourth-order valence-electron chi connectivity index (χ4n) is 1.25. The van der Waals surface area contributed by atoms with Crippen LogP contribution in [-0.4, -0.2) is 18.4 Å². The number of cyclic esters (lactones) is 2. The van der Waals surface area contributed by atoms with Crippen LogP contribution in [0.25, 0.3) is 0 Å². The Bertz CT molecular complexity index is 186. The minimum absolute atomic E-state index is 0.144. The molecule has 0 saturated carbocycles. The van der Waals surface area contributed by atoms with E-state index in [2.05, 4.69) is 20.4 Å². The van der Waals surface area contributed by atoms with Crippen LogP contribution in [0.15, 0.2) is 12.7 Å². The molecule has 1 saturated heterocycles. The summed E-state index contributed by atoms with van der Waals surface area (Å²) in [4.78, 5) is 10.7. The molecule has 0 radical (unpaired) electrons. The zero-order chi connectivity index (χ0) is 9.14. The van der Waals surface area contributed by atoms with Crippen molar-refractivity contribution in [2.75, 3.05) is 0 Å². The molecule has 1 aliphatic heterocycles. The number of ether oxygens (including phenoxy) is 2. The quantitative estimate of drug-likeness (QED) is 0.480. The lowest BCUT2D eigenvalue weighted by Gasteiger charge is -2.13. The van der Waals surface area contributed by atoms with E-state index in [1.165, 1.54) is 0 Å². The third-order valence-corrected chi connectivity index (χ3v) is 1.78. The van der Waals surface area contributed by atoms with Crippen LogP contribution >= 0.6 is 0 Å². The Kier molecular flexibility index (Phi) is 2.74. The second-order valence-electron chi connectivity index (χ2n) is 3.35. The van der Waals surface area contributed by atoms with E-state index in [0.29, 0.717) is 5.92 Å². The van der Waals surface area contributed by atoms with Crippen molar-refractivity contribution in [2.45, 2.75) is 32.5 Å². The number of hydrogen-bond acceptors (Lipinski definition) is 3. The highest BCUT2D eigenvalue weighted by Gasteiger charge is 2.34. The van der Waals surface area contributed by atoms with Crippen LogP contribution in [0, 0.1) is 5.92 Å². The van der Waals surface area contributed by atoms with Gasteiger partial charge in [0.15, 0.2) is 6.10 Å². The van der Waals surface area contributed by atoms with Gasteiger partial charge in [0.1, 0.15) is 6.10 Å². The topological polar surface area (TPSA) is 35.5 Å². The Morgan fingerprint density at radius 2 is 2.25 bits per heavy atom. The summed E-state index contributed by atoms with van der Waals surface area (Å²) in [5, 5.41) is 0. The average molecular weight is 170 g/mol. The van der Waals surface area contributed by atoms with Crippen molar-refractivity contribution >= 4 is 6.16 Å². The first kappa shape index (κ1) is 9.10. The summed E-state index contributed by atoms with van der Waals surface area (Å²) in [6.45, 7) is 7.73. The minimum atomic E-state index is -0.578. The van der Waals surface area contributed by atoms with E-state index in [0.717, 1.165) is 6.42 Å². The summed E-state index contributed by atoms with van der Waals surface area (Å²) in [5.41, 5.74) is 0. The smallest absolute Gasteiger partial charge is 0.427 e. The summed E-state index contributed by atoms with van der Waals surface area (Å²) < 4.78 is 9.79. The fraction of sp³-hybridized carbons (Fsp3) is 0.667. The standard InChI is InChI=1S/C9H14O3/c1-4-7-8(5-6(2)3)12-9(10)11-7/h4,6-8H,1,5H2,2-3H3/t7-,8-/m0/s1. The van der Waals surface area contributed by atoms with Crippen molar-refractivity contribution in [2.24, 2.45) is 5.92 Å². The van der Waals surface area contributed by atoms with Gasteiger partial charge in [-0.15, -0.1) is 0 Å². The normalized spacial score (nSPS) is 28.4. The molecule has 0 amide bonds. The zero-order valence-corrected chi connectivity index (χ0v) is 7.45. The van der Waals surface area contributed by atoms with Gasteiger partial charge in [0.2, 0.25) is 0 Å². The molecule has 3 heteroatoms. The van der Waals surface area contributed by atoms with Crippen molar-refractivity contribution in [3.8, 4) is 0 Å². The molecule has 0 unspecified atom stereocenters. The summed E-state index contributed by atoms with van der Waals surface area (Å²) >= 11 is 0. The molecule has 0 N–H and O–H groups in total. The maximum atomic E-state index is 10.7. The van der Waals surface area contributed by atoms with Crippen LogP contribution in [-0.2, 0) is 9.47 Å². The summed E-state index contributed by atoms with van der Waals surface area (Å²) in [7, 11) is 0. The monoisotopic (exact) mass is 170 g/mol. The predicted molar refractivity (Wildman–Crippen MR) is 44.8 cm³/mol. The van der Waals surface area contributed by atoms with Gasteiger partial charge in [-0.25, -0.2) is 4.79 Å². The van der Waals surface area contributed by atoms with E-state index in [1.54, 1.807) is 6.08 Å². The Balaban J connectivity index is 2.51. The number of hydrogen-bond donors (Lipinski definition) is 0. The number of rotatable bonds is 3. The van der Waals surface area contributed by atoms with E-state index in [1.807, 2.05) is 0 Å². The second kappa shape index (κ2) is 3.61. The van der Waals surface area contributed by atoms with Crippen LogP contribution in [0.3, 0.4) is 0 Å².